The molecule has 0 aromatic heterocycles. The molecule has 4 aliphatic rings. The van der Waals surface area contributed by atoms with E-state index in [9.17, 15) is 24.0 Å². The summed E-state index contributed by atoms with van der Waals surface area (Å²) in [4.78, 5) is 65.0. The Morgan fingerprint density at radius 1 is 0.837 bits per heavy atom. The summed E-state index contributed by atoms with van der Waals surface area (Å²) in [6.45, 7) is 13.1. The molecule has 1 aliphatic heterocycles. The van der Waals surface area contributed by atoms with Crippen LogP contribution in [0.1, 0.15) is 72.2 Å². The summed E-state index contributed by atoms with van der Waals surface area (Å²) in [5.74, 6) is -4.41. The number of hydrogen-bond acceptors (Lipinski definition) is 10. The lowest BCUT2D eigenvalue weighted by atomic mass is 9.80. The second kappa shape index (κ2) is 10.6. The first-order valence-electron chi connectivity index (χ1n) is 14.8. The Balaban J connectivity index is 1.70. The molecule has 2 saturated carbocycles. The molecule has 1 heterocycles. The van der Waals surface area contributed by atoms with Crippen molar-refractivity contribution in [2.24, 2.45) is 29.1 Å². The van der Waals surface area contributed by atoms with E-state index in [-0.39, 0.29) is 18.1 Å². The number of epoxide rings is 1. The van der Waals surface area contributed by atoms with Crippen LogP contribution in [0, 0.1) is 29.1 Å². The number of Topliss-reactive ketones (excluding diaryl/α,β-unsaturated/α-hetero) is 1. The van der Waals surface area contributed by atoms with E-state index in [1.165, 1.54) is 20.8 Å². The first-order chi connectivity index (χ1) is 20.1. The van der Waals surface area contributed by atoms with E-state index in [4.69, 9.17) is 23.7 Å². The fourth-order valence-electron chi connectivity index (χ4n) is 7.97. The second-order valence-corrected chi connectivity index (χ2v) is 13.2. The number of hydrogen-bond donors (Lipinski definition) is 0. The van der Waals surface area contributed by atoms with E-state index in [2.05, 4.69) is 0 Å². The number of carbonyl (C=O) groups is 5. The zero-order valence-electron chi connectivity index (χ0n) is 25.9. The number of rotatable bonds is 5. The molecule has 1 aromatic carbocycles. The molecule has 0 radical (unpaired) electrons. The molecule has 0 N–H and O–H groups in total. The van der Waals surface area contributed by atoms with Gasteiger partial charge in [-0.3, -0.25) is 19.2 Å². The molecule has 0 spiro atoms. The smallest absolute Gasteiger partial charge is 0.338 e. The van der Waals surface area contributed by atoms with Crippen molar-refractivity contribution in [2.75, 3.05) is 0 Å². The molecule has 1 aromatic rings. The molecule has 3 fully saturated rings. The van der Waals surface area contributed by atoms with E-state index in [0.717, 1.165) is 0 Å². The number of benzene rings is 1. The lowest BCUT2D eigenvalue weighted by molar-refractivity contribution is -0.158. The maximum Gasteiger partial charge on any atom is 0.338 e. The highest BCUT2D eigenvalue weighted by Gasteiger charge is 2.84. The van der Waals surface area contributed by atoms with Crippen LogP contribution in [0.15, 0.2) is 42.0 Å². The quantitative estimate of drug-likeness (QED) is 0.212. The normalized spacial score (nSPS) is 40.2. The number of carbonyl (C=O) groups excluding carboxylic acids is 5. The van der Waals surface area contributed by atoms with Gasteiger partial charge >= 0.3 is 23.9 Å². The van der Waals surface area contributed by atoms with E-state index in [1.54, 1.807) is 50.3 Å². The minimum atomic E-state index is -1.34. The van der Waals surface area contributed by atoms with Gasteiger partial charge in [-0.2, -0.15) is 0 Å². The molecule has 0 amide bonds. The molecule has 43 heavy (non-hydrogen) atoms. The highest BCUT2D eigenvalue weighted by atomic mass is 16.7. The Kier molecular flexibility index (Phi) is 7.60. The Bertz CT molecular complexity index is 1380. The van der Waals surface area contributed by atoms with Gasteiger partial charge in [-0.1, -0.05) is 45.9 Å². The van der Waals surface area contributed by atoms with Crippen molar-refractivity contribution in [3.05, 3.63) is 47.5 Å². The van der Waals surface area contributed by atoms with Gasteiger partial charge in [0.2, 0.25) is 0 Å². The summed E-state index contributed by atoms with van der Waals surface area (Å²) in [6, 6.07) is 8.45. The second-order valence-electron chi connectivity index (χ2n) is 13.2. The molecule has 1 unspecified atom stereocenters. The van der Waals surface area contributed by atoms with E-state index in [1.807, 2.05) is 20.8 Å². The molecule has 10 atom stereocenters. The number of fused-ring (bicyclic) bond motifs is 1. The molecular formula is C33H40O10. The Hall–Kier alpha value is -3.53. The van der Waals surface area contributed by atoms with Crippen LogP contribution < -0.4 is 0 Å². The minimum Gasteiger partial charge on any atom is -0.461 e. The molecule has 0 bridgehead atoms. The molecule has 5 rings (SSSR count). The molecule has 232 valence electrons. The van der Waals surface area contributed by atoms with E-state index in [0.29, 0.717) is 11.1 Å². The largest absolute Gasteiger partial charge is 0.461 e. The predicted molar refractivity (Wildman–Crippen MR) is 151 cm³/mol. The third kappa shape index (κ3) is 4.97. The van der Waals surface area contributed by atoms with Gasteiger partial charge in [-0.15, -0.1) is 0 Å². The lowest BCUT2D eigenvalue weighted by Gasteiger charge is -2.30. The molecule has 10 nitrogen and oxygen atoms in total. The fourth-order valence-corrected chi connectivity index (χ4v) is 7.97. The van der Waals surface area contributed by atoms with Crippen LogP contribution in [0.3, 0.4) is 0 Å². The lowest BCUT2D eigenvalue weighted by Crippen LogP contribution is -2.43. The van der Waals surface area contributed by atoms with Crippen LogP contribution in [-0.2, 0) is 42.9 Å². The van der Waals surface area contributed by atoms with Crippen molar-refractivity contribution in [1.29, 1.82) is 0 Å². The van der Waals surface area contributed by atoms with E-state index < -0.39 is 82.7 Å². The number of ether oxygens (including phenoxy) is 5. The van der Waals surface area contributed by atoms with Gasteiger partial charge < -0.3 is 23.7 Å². The van der Waals surface area contributed by atoms with Gasteiger partial charge in [0, 0.05) is 32.6 Å². The van der Waals surface area contributed by atoms with Crippen molar-refractivity contribution >= 4 is 29.7 Å². The highest BCUT2D eigenvalue weighted by Crippen LogP contribution is 2.68. The summed E-state index contributed by atoms with van der Waals surface area (Å²) >= 11 is 0. The first-order valence-corrected chi connectivity index (χ1v) is 14.8. The highest BCUT2D eigenvalue weighted by molar-refractivity contribution is 5.96. The van der Waals surface area contributed by atoms with Gasteiger partial charge in [0.15, 0.2) is 23.1 Å². The standard InChI is InChI=1S/C33H40O10/c1-16-14-33-29(41-21(6)36)17(2)15-32(33,43-33)28(37)18(3)26(39-19(4)34)23-24(31(23,7)8)27(40-20(5)35)25(16)42-30(38)22-12-10-9-11-13-22/h9-14,17-18,23-27,29H,15H2,1-8H3/b16-14+/t17-,18+,23-,24+,25+,26+,27?,29-,32-,33-/m0/s1. The monoisotopic (exact) mass is 596 g/mol. The maximum absolute atomic E-state index is 14.4. The first kappa shape index (κ1) is 30.9. The van der Waals surface area contributed by atoms with Gasteiger partial charge in [0.1, 0.15) is 18.3 Å². The number of esters is 4. The predicted octanol–water partition coefficient (Wildman–Crippen LogP) is 3.99. The summed E-state index contributed by atoms with van der Waals surface area (Å²) in [5, 5.41) is 0. The Morgan fingerprint density at radius 2 is 1.40 bits per heavy atom. The van der Waals surface area contributed by atoms with Gasteiger partial charge in [0.05, 0.1) is 11.5 Å². The van der Waals surface area contributed by atoms with Crippen molar-refractivity contribution < 1.29 is 47.7 Å². The van der Waals surface area contributed by atoms with Gasteiger partial charge in [-0.05, 0) is 48.5 Å². The van der Waals surface area contributed by atoms with E-state index >= 15 is 0 Å². The minimum absolute atomic E-state index is 0.243. The Labute approximate surface area is 251 Å². The molecule has 10 heteroatoms. The summed E-state index contributed by atoms with van der Waals surface area (Å²) in [7, 11) is 0. The third-order valence-electron chi connectivity index (χ3n) is 9.82. The summed E-state index contributed by atoms with van der Waals surface area (Å²) in [6.07, 6.45) is -1.73. The van der Waals surface area contributed by atoms with Crippen LogP contribution in [0.4, 0.5) is 0 Å². The molecule has 1 saturated heterocycles. The van der Waals surface area contributed by atoms with Crippen LogP contribution in [0.5, 0.6) is 0 Å². The van der Waals surface area contributed by atoms with Gasteiger partial charge in [0.25, 0.3) is 0 Å². The Morgan fingerprint density at radius 3 is 1.98 bits per heavy atom. The number of ketones is 1. The fraction of sp³-hybridized carbons (Fsp3) is 0.606. The molecular weight excluding hydrogens is 556 g/mol. The van der Waals surface area contributed by atoms with Crippen LogP contribution in [-0.4, -0.2) is 65.3 Å². The molecule has 3 aliphatic carbocycles. The average molecular weight is 597 g/mol. The third-order valence-corrected chi connectivity index (χ3v) is 9.82. The van der Waals surface area contributed by atoms with Crippen LogP contribution >= 0.6 is 0 Å². The topological polar surface area (TPSA) is 135 Å². The zero-order valence-corrected chi connectivity index (χ0v) is 25.9. The van der Waals surface area contributed by atoms with Crippen molar-refractivity contribution in [3.8, 4) is 0 Å². The van der Waals surface area contributed by atoms with Crippen LogP contribution in [0.2, 0.25) is 0 Å². The zero-order chi connectivity index (χ0) is 31.6. The van der Waals surface area contributed by atoms with Crippen molar-refractivity contribution in [3.63, 3.8) is 0 Å². The van der Waals surface area contributed by atoms with Crippen LogP contribution in [0.25, 0.3) is 0 Å². The summed E-state index contributed by atoms with van der Waals surface area (Å²) < 4.78 is 30.1. The average Bonchev–Trinajstić information content (AvgIpc) is 3.71. The van der Waals surface area contributed by atoms with Crippen molar-refractivity contribution in [2.45, 2.75) is 97.4 Å². The SMILES string of the molecule is CC(=O)OC1[C@H](OC(=O)c2ccccc2)/C(C)=C/[C@@]23O[C@@]2(C[C@H](C)[C@@H]3OC(C)=O)C(=O)[C@H](C)[C@@H](OC(C)=O)[C@@H]2[C@H]1C2(C)C. The van der Waals surface area contributed by atoms with Gasteiger partial charge in [-0.25, -0.2) is 4.79 Å². The van der Waals surface area contributed by atoms with Crippen molar-refractivity contribution in [1.82, 2.24) is 0 Å². The maximum atomic E-state index is 14.4. The summed E-state index contributed by atoms with van der Waals surface area (Å²) in [5.41, 5.74) is -2.45.